The van der Waals surface area contributed by atoms with E-state index in [-0.39, 0.29) is 24.0 Å². The molecule has 176 valence electrons. The lowest BCUT2D eigenvalue weighted by Crippen LogP contribution is -2.28. The molecule has 0 unspecified atom stereocenters. The lowest BCUT2D eigenvalue weighted by molar-refractivity contribution is -0.144. The molecule has 2 aromatic carbocycles. The number of alkyl halides is 3. The fraction of sp³-hybridized carbons (Fsp3) is 0.280. The van der Waals surface area contributed by atoms with Gasteiger partial charge in [-0.2, -0.15) is 18.2 Å². The molecule has 34 heavy (non-hydrogen) atoms. The highest BCUT2D eigenvalue weighted by Gasteiger charge is 2.37. The number of nitrogens with one attached hydrogen (secondary N) is 1. The molecule has 2 heterocycles. The van der Waals surface area contributed by atoms with Crippen LogP contribution >= 0.6 is 0 Å². The highest BCUT2D eigenvalue weighted by Crippen LogP contribution is 2.28. The van der Waals surface area contributed by atoms with Crippen LogP contribution in [-0.4, -0.2) is 32.0 Å². The lowest BCUT2D eigenvalue weighted by atomic mass is 9.88. The van der Waals surface area contributed by atoms with E-state index < -0.39 is 12.0 Å². The SMILES string of the molecule is Cc1nc2nc(C(F)(F)F)nn2c(C)c1CC(=O)NCCC(c1ccccc1)c1ccccc1. The van der Waals surface area contributed by atoms with E-state index in [0.717, 1.165) is 15.6 Å². The smallest absolute Gasteiger partial charge is 0.356 e. The third-order valence-electron chi connectivity index (χ3n) is 5.80. The number of carbonyl (C=O) groups is 1. The first-order valence-corrected chi connectivity index (χ1v) is 10.9. The van der Waals surface area contributed by atoms with Crippen LogP contribution in [-0.2, 0) is 17.4 Å². The zero-order chi connectivity index (χ0) is 24.3. The van der Waals surface area contributed by atoms with Crippen LogP contribution < -0.4 is 5.32 Å². The Labute approximate surface area is 194 Å². The van der Waals surface area contributed by atoms with Crippen LogP contribution in [0.15, 0.2) is 60.7 Å². The topological polar surface area (TPSA) is 72.2 Å². The van der Waals surface area contributed by atoms with Crippen molar-refractivity contribution in [1.82, 2.24) is 24.9 Å². The summed E-state index contributed by atoms with van der Waals surface area (Å²) in [5.74, 6) is -1.50. The largest absolute Gasteiger partial charge is 0.453 e. The summed E-state index contributed by atoms with van der Waals surface area (Å²) in [6.07, 6.45) is -3.98. The Morgan fingerprint density at radius 3 is 2.12 bits per heavy atom. The number of aromatic nitrogens is 4. The standard InChI is InChI=1S/C25H24F3N5O/c1-16-21(17(2)33-24(30-16)31-23(32-33)25(26,27)28)15-22(34)29-14-13-20(18-9-5-3-6-10-18)19-11-7-4-8-12-19/h3-12,20H,13-15H2,1-2H3,(H,29,34). The third kappa shape index (κ3) is 5.08. The molecule has 1 amide bonds. The normalized spacial score (nSPS) is 11.8. The monoisotopic (exact) mass is 467 g/mol. The van der Waals surface area contributed by atoms with Crippen molar-refractivity contribution in [3.8, 4) is 0 Å². The van der Waals surface area contributed by atoms with Crippen LogP contribution in [0.4, 0.5) is 13.2 Å². The molecule has 0 aliphatic carbocycles. The second kappa shape index (κ2) is 9.62. The van der Waals surface area contributed by atoms with Crippen molar-refractivity contribution in [3.05, 3.63) is 94.6 Å². The quantitative estimate of drug-likeness (QED) is 0.430. The first kappa shape index (κ1) is 23.4. The summed E-state index contributed by atoms with van der Waals surface area (Å²) in [6.45, 7) is 3.71. The number of benzene rings is 2. The number of hydrogen-bond donors (Lipinski definition) is 1. The number of amides is 1. The average molecular weight is 467 g/mol. The van der Waals surface area contributed by atoms with Gasteiger partial charge in [0.2, 0.25) is 5.91 Å². The molecule has 4 rings (SSSR count). The van der Waals surface area contributed by atoms with Crippen LogP contribution in [0.2, 0.25) is 0 Å². The number of carbonyl (C=O) groups excluding carboxylic acids is 1. The van der Waals surface area contributed by atoms with Crippen molar-refractivity contribution in [3.63, 3.8) is 0 Å². The van der Waals surface area contributed by atoms with E-state index in [1.165, 1.54) is 0 Å². The van der Waals surface area contributed by atoms with Crippen molar-refractivity contribution < 1.29 is 18.0 Å². The van der Waals surface area contributed by atoms with E-state index in [1.54, 1.807) is 13.8 Å². The van der Waals surface area contributed by atoms with E-state index in [4.69, 9.17) is 0 Å². The zero-order valence-electron chi connectivity index (χ0n) is 18.8. The van der Waals surface area contributed by atoms with Crippen molar-refractivity contribution in [2.24, 2.45) is 0 Å². The molecule has 0 spiro atoms. The van der Waals surface area contributed by atoms with Gasteiger partial charge in [0.05, 0.1) is 6.42 Å². The highest BCUT2D eigenvalue weighted by molar-refractivity contribution is 5.79. The van der Waals surface area contributed by atoms with Crippen LogP contribution in [0.5, 0.6) is 0 Å². The predicted octanol–water partition coefficient (Wildman–Crippen LogP) is 4.64. The number of rotatable bonds is 7. The Kier molecular flexibility index (Phi) is 6.63. The van der Waals surface area contributed by atoms with E-state index in [2.05, 4.69) is 44.6 Å². The van der Waals surface area contributed by atoms with Gasteiger partial charge in [0.1, 0.15) is 0 Å². The average Bonchev–Trinajstić information content (AvgIpc) is 3.25. The van der Waals surface area contributed by atoms with E-state index in [9.17, 15) is 18.0 Å². The minimum absolute atomic E-state index is 0.0108. The van der Waals surface area contributed by atoms with Gasteiger partial charge in [-0.05, 0) is 31.4 Å². The number of fused-ring (bicyclic) bond motifs is 1. The molecule has 0 fully saturated rings. The summed E-state index contributed by atoms with van der Waals surface area (Å²) in [5.41, 5.74) is 3.72. The maximum Gasteiger partial charge on any atom is 0.453 e. The Bertz CT molecular complexity index is 1250. The fourth-order valence-electron chi connectivity index (χ4n) is 4.06. The Hall–Kier alpha value is -3.75. The summed E-state index contributed by atoms with van der Waals surface area (Å²) >= 11 is 0. The molecule has 6 nitrogen and oxygen atoms in total. The molecule has 0 aliphatic rings. The molecule has 4 aromatic rings. The fourth-order valence-corrected chi connectivity index (χ4v) is 4.06. The molecule has 0 radical (unpaired) electrons. The predicted molar refractivity (Wildman–Crippen MR) is 121 cm³/mol. The zero-order valence-corrected chi connectivity index (χ0v) is 18.8. The minimum atomic E-state index is -4.67. The molecular formula is C25H24F3N5O. The molecule has 9 heteroatoms. The minimum Gasteiger partial charge on any atom is -0.356 e. The van der Waals surface area contributed by atoms with Gasteiger partial charge < -0.3 is 5.32 Å². The summed E-state index contributed by atoms with van der Waals surface area (Å²) in [7, 11) is 0. The van der Waals surface area contributed by atoms with E-state index in [1.807, 2.05) is 36.4 Å². The van der Waals surface area contributed by atoms with Crippen LogP contribution in [0.3, 0.4) is 0 Å². The second-order valence-corrected chi connectivity index (χ2v) is 8.10. The van der Waals surface area contributed by atoms with Crippen LogP contribution in [0, 0.1) is 13.8 Å². The summed E-state index contributed by atoms with van der Waals surface area (Å²) in [4.78, 5) is 20.3. The van der Waals surface area contributed by atoms with Gasteiger partial charge in [-0.1, -0.05) is 60.7 Å². The lowest BCUT2D eigenvalue weighted by Gasteiger charge is -2.18. The highest BCUT2D eigenvalue weighted by atomic mass is 19.4. The van der Waals surface area contributed by atoms with E-state index in [0.29, 0.717) is 29.9 Å². The van der Waals surface area contributed by atoms with Gasteiger partial charge in [0.15, 0.2) is 0 Å². The van der Waals surface area contributed by atoms with Crippen molar-refractivity contribution in [2.45, 2.75) is 38.8 Å². The van der Waals surface area contributed by atoms with Gasteiger partial charge in [-0.3, -0.25) is 4.79 Å². The van der Waals surface area contributed by atoms with Crippen molar-refractivity contribution in [2.75, 3.05) is 6.54 Å². The van der Waals surface area contributed by atoms with E-state index >= 15 is 0 Å². The molecule has 0 saturated heterocycles. The molecular weight excluding hydrogens is 443 g/mol. The van der Waals surface area contributed by atoms with Gasteiger partial charge >= 0.3 is 6.18 Å². The molecule has 0 saturated carbocycles. The van der Waals surface area contributed by atoms with Crippen LogP contribution in [0.25, 0.3) is 5.78 Å². The third-order valence-corrected chi connectivity index (χ3v) is 5.80. The van der Waals surface area contributed by atoms with Crippen LogP contribution in [0.1, 0.15) is 46.2 Å². The van der Waals surface area contributed by atoms with Gasteiger partial charge in [-0.15, -0.1) is 5.10 Å². The number of nitrogens with zero attached hydrogens (tertiary/aromatic N) is 4. The molecule has 0 atom stereocenters. The summed E-state index contributed by atoms with van der Waals surface area (Å²) < 4.78 is 40.0. The number of halogens is 3. The maximum atomic E-state index is 13.0. The molecule has 1 N–H and O–H groups in total. The Balaban J connectivity index is 1.46. The van der Waals surface area contributed by atoms with Gasteiger partial charge in [0.25, 0.3) is 11.6 Å². The van der Waals surface area contributed by atoms with Crippen molar-refractivity contribution >= 4 is 11.7 Å². The summed E-state index contributed by atoms with van der Waals surface area (Å²) in [5, 5.41) is 6.47. The molecule has 2 aromatic heterocycles. The van der Waals surface area contributed by atoms with Crippen molar-refractivity contribution in [1.29, 1.82) is 0 Å². The van der Waals surface area contributed by atoms with Gasteiger partial charge in [0, 0.05) is 29.4 Å². The molecule has 0 aliphatic heterocycles. The number of aryl methyl sites for hydroxylation is 2. The molecule has 0 bridgehead atoms. The number of hydrogen-bond acceptors (Lipinski definition) is 4. The second-order valence-electron chi connectivity index (χ2n) is 8.10. The Morgan fingerprint density at radius 2 is 1.56 bits per heavy atom. The maximum absolute atomic E-state index is 13.0. The summed E-state index contributed by atoms with van der Waals surface area (Å²) in [6, 6.07) is 20.2. The first-order valence-electron chi connectivity index (χ1n) is 10.9. The Morgan fingerprint density at radius 1 is 0.971 bits per heavy atom. The first-order chi connectivity index (χ1) is 16.2. The van der Waals surface area contributed by atoms with Gasteiger partial charge in [-0.25, -0.2) is 9.50 Å².